The Hall–Kier alpha value is -2.13. The van der Waals surface area contributed by atoms with E-state index in [9.17, 15) is 0 Å². The molecule has 0 atom stereocenters. The molecule has 0 radical (unpaired) electrons. The first-order chi connectivity index (χ1) is 8.88. The molecule has 0 spiro atoms. The first kappa shape index (κ1) is 11.0. The summed E-state index contributed by atoms with van der Waals surface area (Å²) in [5, 5.41) is 8.79. The second-order valence-corrected chi connectivity index (χ2v) is 4.32. The first-order valence-electron chi connectivity index (χ1n) is 6.05. The molecule has 0 unspecified atom stereocenters. The van der Waals surface area contributed by atoms with Crippen LogP contribution in [-0.4, -0.2) is 16.8 Å². The van der Waals surface area contributed by atoms with Crippen molar-refractivity contribution in [2.24, 2.45) is 0 Å². The van der Waals surface area contributed by atoms with Crippen molar-refractivity contribution in [2.45, 2.75) is 6.54 Å². The minimum Gasteiger partial charge on any atom is -0.316 e. The topological polar surface area (TPSA) is 29.9 Å². The van der Waals surface area contributed by atoms with Gasteiger partial charge in [-0.15, -0.1) is 0 Å². The van der Waals surface area contributed by atoms with Crippen molar-refractivity contribution < 1.29 is 0 Å². The molecule has 3 heteroatoms. The van der Waals surface area contributed by atoms with Crippen molar-refractivity contribution in [2.75, 3.05) is 7.05 Å². The van der Waals surface area contributed by atoms with Gasteiger partial charge < -0.3 is 5.32 Å². The van der Waals surface area contributed by atoms with Crippen LogP contribution >= 0.6 is 0 Å². The zero-order valence-corrected chi connectivity index (χ0v) is 10.3. The predicted molar refractivity (Wildman–Crippen MR) is 73.8 cm³/mol. The van der Waals surface area contributed by atoms with Crippen LogP contribution in [0.4, 0.5) is 0 Å². The van der Waals surface area contributed by atoms with Gasteiger partial charge in [0.25, 0.3) is 0 Å². The molecular weight excluding hydrogens is 222 g/mol. The van der Waals surface area contributed by atoms with Gasteiger partial charge in [-0.05, 0) is 30.8 Å². The Morgan fingerprint density at radius 3 is 2.89 bits per heavy atom. The number of rotatable bonds is 3. The fraction of sp³-hybridized carbons (Fsp3) is 0.133. The SMILES string of the molecule is CNCc1cccc(-n2ncc3ccccc32)c1. The van der Waals surface area contributed by atoms with E-state index in [0.717, 1.165) is 23.1 Å². The number of para-hydroxylation sites is 1. The van der Waals surface area contributed by atoms with Gasteiger partial charge in [-0.1, -0.05) is 30.3 Å². The van der Waals surface area contributed by atoms with Crippen molar-refractivity contribution >= 4 is 10.9 Å². The molecule has 1 heterocycles. The summed E-state index contributed by atoms with van der Waals surface area (Å²) < 4.78 is 1.98. The van der Waals surface area contributed by atoms with Gasteiger partial charge in [-0.2, -0.15) is 5.10 Å². The van der Waals surface area contributed by atoms with Gasteiger partial charge in [-0.25, -0.2) is 4.68 Å². The Morgan fingerprint density at radius 1 is 1.11 bits per heavy atom. The second-order valence-electron chi connectivity index (χ2n) is 4.32. The monoisotopic (exact) mass is 237 g/mol. The van der Waals surface area contributed by atoms with Gasteiger partial charge in [0.1, 0.15) is 0 Å². The second kappa shape index (κ2) is 4.63. The highest BCUT2D eigenvalue weighted by molar-refractivity contribution is 5.80. The Kier molecular flexibility index (Phi) is 2.82. The average molecular weight is 237 g/mol. The molecule has 3 nitrogen and oxygen atoms in total. The number of nitrogens with zero attached hydrogens (tertiary/aromatic N) is 2. The molecule has 0 amide bonds. The van der Waals surface area contributed by atoms with Gasteiger partial charge >= 0.3 is 0 Å². The Balaban J connectivity index is 2.11. The average Bonchev–Trinajstić information content (AvgIpc) is 2.83. The number of aromatic nitrogens is 2. The van der Waals surface area contributed by atoms with Crippen molar-refractivity contribution in [1.82, 2.24) is 15.1 Å². The smallest absolute Gasteiger partial charge is 0.0741 e. The number of hydrogen-bond acceptors (Lipinski definition) is 2. The molecule has 0 aliphatic carbocycles. The maximum atomic E-state index is 4.46. The van der Waals surface area contributed by atoms with Gasteiger partial charge in [0.2, 0.25) is 0 Å². The molecule has 2 aromatic carbocycles. The molecule has 18 heavy (non-hydrogen) atoms. The molecule has 90 valence electrons. The van der Waals surface area contributed by atoms with Gasteiger partial charge in [0.05, 0.1) is 17.4 Å². The van der Waals surface area contributed by atoms with Crippen molar-refractivity contribution in [3.8, 4) is 5.69 Å². The van der Waals surface area contributed by atoms with Crippen LogP contribution < -0.4 is 5.32 Å². The van der Waals surface area contributed by atoms with Crippen LogP contribution in [0, 0.1) is 0 Å². The van der Waals surface area contributed by atoms with Crippen LogP contribution in [-0.2, 0) is 6.54 Å². The number of hydrogen-bond donors (Lipinski definition) is 1. The van der Waals surface area contributed by atoms with Crippen LogP contribution in [0.2, 0.25) is 0 Å². The standard InChI is InChI=1S/C15H15N3/c1-16-10-12-5-4-7-14(9-12)18-15-8-3-2-6-13(15)11-17-18/h2-9,11,16H,10H2,1H3. The molecule has 0 saturated heterocycles. The van der Waals surface area contributed by atoms with E-state index in [1.807, 2.05) is 30.1 Å². The maximum absolute atomic E-state index is 4.46. The van der Waals surface area contributed by atoms with Gasteiger partial charge in [0.15, 0.2) is 0 Å². The van der Waals surface area contributed by atoms with E-state index in [2.05, 4.69) is 46.8 Å². The zero-order valence-electron chi connectivity index (χ0n) is 10.3. The van der Waals surface area contributed by atoms with Crippen LogP contribution in [0.3, 0.4) is 0 Å². The lowest BCUT2D eigenvalue weighted by Gasteiger charge is -2.06. The summed E-state index contributed by atoms with van der Waals surface area (Å²) in [6.07, 6.45) is 1.90. The fourth-order valence-corrected chi connectivity index (χ4v) is 2.18. The van der Waals surface area contributed by atoms with Crippen LogP contribution in [0.25, 0.3) is 16.6 Å². The Labute approximate surface area is 106 Å². The van der Waals surface area contributed by atoms with E-state index in [-0.39, 0.29) is 0 Å². The molecule has 0 aliphatic heterocycles. The first-order valence-corrected chi connectivity index (χ1v) is 6.05. The quantitative estimate of drug-likeness (QED) is 0.759. The third kappa shape index (κ3) is 1.89. The largest absolute Gasteiger partial charge is 0.316 e. The van der Waals surface area contributed by atoms with Crippen LogP contribution in [0.5, 0.6) is 0 Å². The van der Waals surface area contributed by atoms with E-state index in [1.165, 1.54) is 5.56 Å². The Morgan fingerprint density at radius 2 is 2.00 bits per heavy atom. The van der Waals surface area contributed by atoms with E-state index in [1.54, 1.807) is 0 Å². The number of nitrogens with one attached hydrogen (secondary N) is 1. The molecule has 3 aromatic rings. The molecule has 1 N–H and O–H groups in total. The summed E-state index contributed by atoms with van der Waals surface area (Å²) in [4.78, 5) is 0. The van der Waals surface area contributed by atoms with Gasteiger partial charge in [-0.3, -0.25) is 0 Å². The molecule has 0 aliphatic rings. The lowest BCUT2D eigenvalue weighted by molar-refractivity contribution is 0.813. The van der Waals surface area contributed by atoms with E-state index in [4.69, 9.17) is 0 Å². The maximum Gasteiger partial charge on any atom is 0.0741 e. The number of fused-ring (bicyclic) bond motifs is 1. The van der Waals surface area contributed by atoms with Crippen molar-refractivity contribution in [3.63, 3.8) is 0 Å². The predicted octanol–water partition coefficient (Wildman–Crippen LogP) is 2.74. The molecule has 1 aromatic heterocycles. The highest BCUT2D eigenvalue weighted by Gasteiger charge is 2.04. The molecular formula is C15H15N3. The van der Waals surface area contributed by atoms with E-state index in [0.29, 0.717) is 0 Å². The minimum absolute atomic E-state index is 0.868. The molecule has 0 fully saturated rings. The lowest BCUT2D eigenvalue weighted by atomic mass is 10.2. The molecule has 0 bridgehead atoms. The van der Waals surface area contributed by atoms with Gasteiger partial charge in [0, 0.05) is 11.9 Å². The van der Waals surface area contributed by atoms with Crippen molar-refractivity contribution in [1.29, 1.82) is 0 Å². The van der Waals surface area contributed by atoms with E-state index < -0.39 is 0 Å². The van der Waals surface area contributed by atoms with Crippen LogP contribution in [0.15, 0.2) is 54.7 Å². The summed E-state index contributed by atoms with van der Waals surface area (Å²) in [5.41, 5.74) is 3.50. The summed E-state index contributed by atoms with van der Waals surface area (Å²) in [6.45, 7) is 0.868. The summed E-state index contributed by atoms with van der Waals surface area (Å²) in [5.74, 6) is 0. The third-order valence-corrected chi connectivity index (χ3v) is 3.01. The number of benzene rings is 2. The summed E-state index contributed by atoms with van der Waals surface area (Å²) in [7, 11) is 1.95. The highest BCUT2D eigenvalue weighted by Crippen LogP contribution is 2.18. The third-order valence-electron chi connectivity index (χ3n) is 3.01. The van der Waals surface area contributed by atoms with E-state index >= 15 is 0 Å². The minimum atomic E-state index is 0.868. The fourth-order valence-electron chi connectivity index (χ4n) is 2.18. The lowest BCUT2D eigenvalue weighted by Crippen LogP contribution is -2.05. The Bertz CT molecular complexity index is 670. The van der Waals surface area contributed by atoms with Crippen molar-refractivity contribution in [3.05, 3.63) is 60.3 Å². The molecule has 0 saturated carbocycles. The highest BCUT2D eigenvalue weighted by atomic mass is 15.3. The van der Waals surface area contributed by atoms with Crippen LogP contribution in [0.1, 0.15) is 5.56 Å². The summed E-state index contributed by atoms with van der Waals surface area (Å²) in [6, 6.07) is 16.7. The molecule has 3 rings (SSSR count). The normalized spacial score (nSPS) is 10.9. The zero-order chi connectivity index (χ0) is 12.4. The summed E-state index contributed by atoms with van der Waals surface area (Å²) >= 11 is 0.